The molecule has 0 aromatic carbocycles. The average Bonchev–Trinajstić information content (AvgIpc) is 3.30. The Morgan fingerprint density at radius 1 is 1.00 bits per heavy atom. The van der Waals surface area contributed by atoms with Gasteiger partial charge in [-0.25, -0.2) is 9.59 Å². The first-order valence-electron chi connectivity index (χ1n) is 10.2. The van der Waals surface area contributed by atoms with E-state index in [2.05, 4.69) is 0 Å². The second-order valence-corrected chi connectivity index (χ2v) is 8.27. The van der Waals surface area contributed by atoms with E-state index in [1.165, 1.54) is 0 Å². The van der Waals surface area contributed by atoms with Gasteiger partial charge in [0.15, 0.2) is 0 Å². The summed E-state index contributed by atoms with van der Waals surface area (Å²) in [5.74, 6) is 0.228. The second-order valence-electron chi connectivity index (χ2n) is 8.27. The van der Waals surface area contributed by atoms with E-state index < -0.39 is 0 Å². The summed E-state index contributed by atoms with van der Waals surface area (Å²) in [6, 6.07) is 4.18. The first kappa shape index (κ1) is 18.8. The number of hydrogen-bond acceptors (Lipinski definition) is 3. The highest BCUT2D eigenvalue weighted by Gasteiger charge is 2.37. The van der Waals surface area contributed by atoms with Crippen LogP contribution in [0.3, 0.4) is 0 Å². The van der Waals surface area contributed by atoms with E-state index in [9.17, 15) is 14.4 Å². The van der Waals surface area contributed by atoms with Gasteiger partial charge in [0.2, 0.25) is 5.91 Å². The van der Waals surface area contributed by atoms with Crippen molar-refractivity contribution in [3.63, 3.8) is 0 Å². The fourth-order valence-electron chi connectivity index (χ4n) is 4.65. The van der Waals surface area contributed by atoms with Crippen molar-refractivity contribution >= 4 is 18.0 Å². The second kappa shape index (κ2) is 7.48. The van der Waals surface area contributed by atoms with Crippen LogP contribution in [0.15, 0.2) is 18.3 Å². The third-order valence-corrected chi connectivity index (χ3v) is 6.33. The molecule has 8 heteroatoms. The molecule has 4 rings (SSSR count). The van der Waals surface area contributed by atoms with Crippen LogP contribution < -0.4 is 0 Å². The Morgan fingerprint density at radius 2 is 1.64 bits per heavy atom. The molecule has 0 radical (unpaired) electrons. The summed E-state index contributed by atoms with van der Waals surface area (Å²) in [5, 5.41) is 0. The number of nitrogens with zero attached hydrogens (tertiary/aromatic N) is 5. The van der Waals surface area contributed by atoms with Gasteiger partial charge in [-0.3, -0.25) is 9.36 Å². The zero-order chi connectivity index (χ0) is 19.8. The van der Waals surface area contributed by atoms with Crippen LogP contribution in [-0.2, 0) is 11.3 Å². The third kappa shape index (κ3) is 3.36. The van der Waals surface area contributed by atoms with Gasteiger partial charge in [0.25, 0.3) is 0 Å². The van der Waals surface area contributed by atoms with Crippen LogP contribution >= 0.6 is 0 Å². The topological polar surface area (TPSA) is 69.1 Å². The lowest BCUT2D eigenvalue weighted by molar-refractivity contribution is -0.138. The zero-order valence-corrected chi connectivity index (χ0v) is 16.7. The van der Waals surface area contributed by atoms with Gasteiger partial charge in [-0.05, 0) is 37.8 Å². The van der Waals surface area contributed by atoms with Crippen LogP contribution in [0.4, 0.5) is 9.59 Å². The minimum absolute atomic E-state index is 0.0111. The van der Waals surface area contributed by atoms with Gasteiger partial charge in [0, 0.05) is 64.1 Å². The largest absolute Gasteiger partial charge is 0.342 e. The maximum atomic E-state index is 12.9. The molecule has 2 fully saturated rings. The Morgan fingerprint density at radius 3 is 2.25 bits per heavy atom. The fourth-order valence-corrected chi connectivity index (χ4v) is 4.65. The van der Waals surface area contributed by atoms with Crippen molar-refractivity contribution in [1.29, 1.82) is 0 Å². The van der Waals surface area contributed by atoms with E-state index in [0.717, 1.165) is 31.4 Å². The number of fused-ring (bicyclic) bond motifs is 1. The summed E-state index contributed by atoms with van der Waals surface area (Å²) in [6.07, 6.45) is 4.96. The lowest BCUT2D eigenvalue weighted by Gasteiger charge is -2.39. The molecule has 4 heterocycles. The smallest absolute Gasteiger partial charge is 0.329 e. The summed E-state index contributed by atoms with van der Waals surface area (Å²) in [7, 11) is 3.51. The highest BCUT2D eigenvalue weighted by atomic mass is 16.2. The summed E-state index contributed by atoms with van der Waals surface area (Å²) in [5.41, 5.74) is 1.04. The summed E-state index contributed by atoms with van der Waals surface area (Å²) in [6.45, 7) is 3.37. The van der Waals surface area contributed by atoms with Crippen molar-refractivity contribution in [1.82, 2.24) is 24.2 Å². The molecule has 2 saturated heterocycles. The van der Waals surface area contributed by atoms with Crippen molar-refractivity contribution in [3.8, 4) is 0 Å². The maximum Gasteiger partial charge on any atom is 0.329 e. The van der Waals surface area contributed by atoms with E-state index in [-0.39, 0.29) is 29.9 Å². The zero-order valence-electron chi connectivity index (χ0n) is 16.7. The molecule has 0 aliphatic carbocycles. The molecule has 3 aliphatic heterocycles. The Hall–Kier alpha value is -2.51. The van der Waals surface area contributed by atoms with E-state index >= 15 is 0 Å². The number of carbonyl (C=O) groups is 3. The number of likely N-dealkylation sites (tertiary alicyclic amines) is 2. The summed E-state index contributed by atoms with van der Waals surface area (Å²) < 4.78 is 1.72. The number of aromatic nitrogens is 1. The average molecular weight is 387 g/mol. The number of hydrogen-bond donors (Lipinski definition) is 0. The van der Waals surface area contributed by atoms with Crippen LogP contribution in [0, 0.1) is 5.92 Å². The number of piperidine rings is 2. The van der Waals surface area contributed by atoms with Gasteiger partial charge in [0.1, 0.15) is 0 Å². The molecule has 0 N–H and O–H groups in total. The lowest BCUT2D eigenvalue weighted by atomic mass is 9.93. The van der Waals surface area contributed by atoms with Crippen molar-refractivity contribution in [2.75, 3.05) is 40.3 Å². The molecule has 0 saturated carbocycles. The first-order valence-corrected chi connectivity index (χ1v) is 10.2. The van der Waals surface area contributed by atoms with Crippen molar-refractivity contribution in [3.05, 3.63) is 24.0 Å². The molecule has 0 spiro atoms. The first-order chi connectivity index (χ1) is 13.5. The molecular weight excluding hydrogens is 358 g/mol. The third-order valence-electron chi connectivity index (χ3n) is 6.33. The minimum atomic E-state index is 0.0111. The van der Waals surface area contributed by atoms with Gasteiger partial charge < -0.3 is 19.6 Å². The molecule has 1 aromatic heterocycles. The molecule has 0 unspecified atom stereocenters. The standard InChI is InChI=1S/C20H29N5O3/c1-21(2)19(27)23-10-5-15(6-11-23)18(26)22-12-7-16(8-13-22)25-14-17-4-3-9-24(17)20(25)28/h3-4,9,15-16H,5-8,10-14H2,1-2H3. The molecule has 1 aromatic rings. The Balaban J connectivity index is 1.26. The highest BCUT2D eigenvalue weighted by molar-refractivity contribution is 5.81. The van der Waals surface area contributed by atoms with Crippen LogP contribution in [0.25, 0.3) is 0 Å². The molecule has 8 nitrogen and oxygen atoms in total. The minimum Gasteiger partial charge on any atom is -0.342 e. The number of carbonyl (C=O) groups excluding carboxylic acids is 3. The predicted molar refractivity (Wildman–Crippen MR) is 104 cm³/mol. The summed E-state index contributed by atoms with van der Waals surface area (Å²) in [4.78, 5) is 44.8. The van der Waals surface area contributed by atoms with Gasteiger partial charge in [0.05, 0.1) is 6.54 Å². The Kier molecular flexibility index (Phi) is 5.03. The van der Waals surface area contributed by atoms with Gasteiger partial charge in [-0.1, -0.05) is 0 Å². The lowest BCUT2D eigenvalue weighted by Crippen LogP contribution is -2.51. The van der Waals surface area contributed by atoms with E-state index in [4.69, 9.17) is 0 Å². The monoisotopic (exact) mass is 387 g/mol. The van der Waals surface area contributed by atoms with Crippen molar-refractivity contribution in [2.24, 2.45) is 5.92 Å². The Labute approximate surface area is 165 Å². The van der Waals surface area contributed by atoms with Gasteiger partial charge >= 0.3 is 12.1 Å². The van der Waals surface area contributed by atoms with Crippen LogP contribution in [-0.4, -0.2) is 88.5 Å². The normalized spacial score (nSPS) is 21.2. The summed E-state index contributed by atoms with van der Waals surface area (Å²) >= 11 is 0. The predicted octanol–water partition coefficient (Wildman–Crippen LogP) is 1.66. The number of amides is 4. The molecule has 4 amide bonds. The molecule has 0 atom stereocenters. The van der Waals surface area contributed by atoms with E-state index in [1.54, 1.807) is 23.6 Å². The molecular formula is C20H29N5O3. The van der Waals surface area contributed by atoms with Crippen LogP contribution in [0.1, 0.15) is 31.4 Å². The van der Waals surface area contributed by atoms with Crippen molar-refractivity contribution < 1.29 is 14.4 Å². The fraction of sp³-hybridized carbons (Fsp3) is 0.650. The number of urea groups is 1. The van der Waals surface area contributed by atoms with Gasteiger partial charge in [-0.2, -0.15) is 0 Å². The molecule has 152 valence electrons. The molecule has 28 heavy (non-hydrogen) atoms. The van der Waals surface area contributed by atoms with Crippen molar-refractivity contribution in [2.45, 2.75) is 38.3 Å². The van der Waals surface area contributed by atoms with Crippen LogP contribution in [0.5, 0.6) is 0 Å². The molecule has 0 bridgehead atoms. The molecule has 3 aliphatic rings. The van der Waals surface area contributed by atoms with Crippen LogP contribution in [0.2, 0.25) is 0 Å². The van der Waals surface area contributed by atoms with E-state index in [1.807, 2.05) is 33.0 Å². The number of rotatable bonds is 2. The van der Waals surface area contributed by atoms with Gasteiger partial charge in [-0.15, -0.1) is 0 Å². The highest BCUT2D eigenvalue weighted by Crippen LogP contribution is 2.27. The Bertz CT molecular complexity index is 758. The van der Waals surface area contributed by atoms with E-state index in [0.29, 0.717) is 32.7 Å². The maximum absolute atomic E-state index is 12.9. The SMILES string of the molecule is CN(C)C(=O)N1CCC(C(=O)N2CCC(N3Cc4cccn4C3=O)CC2)CC1. The quantitative estimate of drug-likeness (QED) is 0.775.